The Labute approximate surface area is 65.5 Å². The maximum atomic E-state index is 4.25. The van der Waals surface area contributed by atoms with Crippen molar-refractivity contribution >= 4 is 5.65 Å². The normalized spacial score (nSPS) is 10.6. The van der Waals surface area contributed by atoms with Crippen LogP contribution in [0, 0.1) is 0 Å². The van der Waals surface area contributed by atoms with Crippen molar-refractivity contribution in [2.24, 2.45) is 0 Å². The van der Waals surface area contributed by atoms with Crippen LogP contribution in [-0.4, -0.2) is 9.38 Å². The van der Waals surface area contributed by atoms with Crippen molar-refractivity contribution in [1.29, 1.82) is 0 Å². The summed E-state index contributed by atoms with van der Waals surface area (Å²) in [5.74, 6) is 0. The van der Waals surface area contributed by atoms with E-state index in [1.807, 2.05) is 30.6 Å². The molecule has 2 nitrogen and oxygen atoms in total. The van der Waals surface area contributed by atoms with Crippen molar-refractivity contribution < 1.29 is 0 Å². The highest BCUT2D eigenvalue weighted by atomic mass is 15.0. The maximum absolute atomic E-state index is 4.25. The summed E-state index contributed by atoms with van der Waals surface area (Å²) in [6.45, 7) is 2.14. The molecule has 0 aliphatic heterocycles. The number of imidazole rings is 1. The van der Waals surface area contributed by atoms with Crippen LogP contribution < -0.4 is 0 Å². The lowest BCUT2D eigenvalue weighted by atomic mass is 10.4. The van der Waals surface area contributed by atoms with Gasteiger partial charge in [0.2, 0.25) is 0 Å². The quantitative estimate of drug-likeness (QED) is 0.600. The van der Waals surface area contributed by atoms with Gasteiger partial charge in [0.15, 0.2) is 0 Å². The number of aromatic nitrogens is 2. The predicted octanol–water partition coefficient (Wildman–Crippen LogP) is 1.90. The molecule has 0 atom stereocenters. The van der Waals surface area contributed by atoms with Gasteiger partial charge < -0.3 is 4.40 Å². The van der Waals surface area contributed by atoms with Gasteiger partial charge in [0.05, 0.1) is 0 Å². The van der Waals surface area contributed by atoms with Crippen LogP contribution in [0.15, 0.2) is 30.6 Å². The van der Waals surface area contributed by atoms with Gasteiger partial charge in [0, 0.05) is 18.1 Å². The molecule has 0 aromatic carbocycles. The summed E-state index contributed by atoms with van der Waals surface area (Å²) in [5.41, 5.74) is 2.30. The first-order valence-electron chi connectivity index (χ1n) is 3.83. The fourth-order valence-corrected chi connectivity index (χ4v) is 1.25. The standard InChI is InChI=1S/C9H10N2/c1-2-8-7-10-9-5-3-4-6-11(8)9/h3-7H,2H2,1H3. The van der Waals surface area contributed by atoms with Crippen molar-refractivity contribution in [3.63, 3.8) is 0 Å². The van der Waals surface area contributed by atoms with E-state index in [9.17, 15) is 0 Å². The Morgan fingerprint density at radius 3 is 3.18 bits per heavy atom. The fraction of sp³-hybridized carbons (Fsp3) is 0.222. The molecule has 2 aromatic rings. The number of nitrogens with zero attached hydrogens (tertiary/aromatic N) is 2. The minimum absolute atomic E-state index is 1.03. The number of aryl methyl sites for hydroxylation is 1. The van der Waals surface area contributed by atoms with Gasteiger partial charge >= 0.3 is 0 Å². The second kappa shape index (κ2) is 2.38. The van der Waals surface area contributed by atoms with E-state index in [2.05, 4.69) is 16.3 Å². The second-order valence-corrected chi connectivity index (χ2v) is 2.53. The van der Waals surface area contributed by atoms with Gasteiger partial charge in [-0.05, 0) is 18.6 Å². The van der Waals surface area contributed by atoms with Crippen LogP contribution in [0.2, 0.25) is 0 Å². The monoisotopic (exact) mass is 146 g/mol. The van der Waals surface area contributed by atoms with Crippen LogP contribution in [0.5, 0.6) is 0 Å². The van der Waals surface area contributed by atoms with Crippen molar-refractivity contribution in [3.05, 3.63) is 36.3 Å². The van der Waals surface area contributed by atoms with Crippen LogP contribution in [0.1, 0.15) is 12.6 Å². The molecule has 0 fully saturated rings. The molecule has 0 aliphatic carbocycles. The Morgan fingerprint density at radius 1 is 1.45 bits per heavy atom. The smallest absolute Gasteiger partial charge is 0.136 e. The summed E-state index contributed by atoms with van der Waals surface area (Å²) in [5, 5.41) is 0. The summed E-state index contributed by atoms with van der Waals surface area (Å²) in [6, 6.07) is 6.04. The lowest BCUT2D eigenvalue weighted by molar-refractivity contribution is 0.995. The topological polar surface area (TPSA) is 17.3 Å². The van der Waals surface area contributed by atoms with Crippen molar-refractivity contribution in [1.82, 2.24) is 9.38 Å². The van der Waals surface area contributed by atoms with E-state index >= 15 is 0 Å². The minimum atomic E-state index is 1.03. The van der Waals surface area contributed by atoms with E-state index in [-0.39, 0.29) is 0 Å². The molecule has 11 heavy (non-hydrogen) atoms. The van der Waals surface area contributed by atoms with E-state index in [1.165, 1.54) is 5.69 Å². The van der Waals surface area contributed by atoms with Crippen LogP contribution in [-0.2, 0) is 6.42 Å². The first-order chi connectivity index (χ1) is 5.42. The average molecular weight is 146 g/mol. The Bertz CT molecular complexity index is 362. The first kappa shape index (κ1) is 6.40. The number of fused-ring (bicyclic) bond motifs is 1. The number of pyridine rings is 1. The molecular weight excluding hydrogens is 136 g/mol. The predicted molar refractivity (Wildman–Crippen MR) is 44.6 cm³/mol. The van der Waals surface area contributed by atoms with Gasteiger partial charge in [-0.15, -0.1) is 0 Å². The molecular formula is C9H10N2. The number of rotatable bonds is 1. The van der Waals surface area contributed by atoms with Gasteiger partial charge in [-0.3, -0.25) is 0 Å². The van der Waals surface area contributed by atoms with Crippen molar-refractivity contribution in [2.75, 3.05) is 0 Å². The van der Waals surface area contributed by atoms with Crippen molar-refractivity contribution in [2.45, 2.75) is 13.3 Å². The molecule has 0 saturated heterocycles. The summed E-state index contributed by atoms with van der Waals surface area (Å²) in [4.78, 5) is 4.25. The van der Waals surface area contributed by atoms with Gasteiger partial charge in [-0.25, -0.2) is 4.98 Å². The molecule has 0 radical (unpaired) electrons. The van der Waals surface area contributed by atoms with E-state index in [0.717, 1.165) is 12.1 Å². The largest absolute Gasteiger partial charge is 0.304 e. The molecule has 2 rings (SSSR count). The van der Waals surface area contributed by atoms with E-state index in [4.69, 9.17) is 0 Å². The zero-order chi connectivity index (χ0) is 7.68. The van der Waals surface area contributed by atoms with E-state index < -0.39 is 0 Å². The molecule has 2 heteroatoms. The van der Waals surface area contributed by atoms with Gasteiger partial charge in [0.25, 0.3) is 0 Å². The third-order valence-corrected chi connectivity index (χ3v) is 1.86. The fourth-order valence-electron chi connectivity index (χ4n) is 1.25. The third-order valence-electron chi connectivity index (χ3n) is 1.86. The Morgan fingerprint density at radius 2 is 2.36 bits per heavy atom. The van der Waals surface area contributed by atoms with Crippen LogP contribution in [0.4, 0.5) is 0 Å². The minimum Gasteiger partial charge on any atom is -0.304 e. The Balaban J connectivity index is 2.76. The Hall–Kier alpha value is -1.31. The molecule has 0 saturated carbocycles. The molecule has 0 spiro atoms. The van der Waals surface area contributed by atoms with Gasteiger partial charge in [-0.1, -0.05) is 13.0 Å². The Kier molecular flexibility index (Phi) is 1.39. The van der Waals surface area contributed by atoms with Crippen molar-refractivity contribution in [3.8, 4) is 0 Å². The maximum Gasteiger partial charge on any atom is 0.136 e. The van der Waals surface area contributed by atoms with E-state index in [0.29, 0.717) is 0 Å². The highest BCUT2D eigenvalue weighted by Gasteiger charge is 1.97. The summed E-state index contributed by atoms with van der Waals surface area (Å²) >= 11 is 0. The molecule has 56 valence electrons. The highest BCUT2D eigenvalue weighted by Crippen LogP contribution is 2.05. The second-order valence-electron chi connectivity index (χ2n) is 2.53. The number of hydrogen-bond donors (Lipinski definition) is 0. The molecule has 0 unspecified atom stereocenters. The van der Waals surface area contributed by atoms with E-state index in [1.54, 1.807) is 0 Å². The highest BCUT2D eigenvalue weighted by molar-refractivity contribution is 5.39. The summed E-state index contributed by atoms with van der Waals surface area (Å²) in [6.07, 6.45) is 5.00. The number of hydrogen-bond acceptors (Lipinski definition) is 1. The molecule has 2 heterocycles. The van der Waals surface area contributed by atoms with Gasteiger partial charge in [0.1, 0.15) is 5.65 Å². The molecule has 0 amide bonds. The molecule has 0 bridgehead atoms. The third kappa shape index (κ3) is 0.909. The average Bonchev–Trinajstić information content (AvgIpc) is 2.47. The lowest BCUT2D eigenvalue weighted by Gasteiger charge is -1.95. The lowest BCUT2D eigenvalue weighted by Crippen LogP contribution is -1.88. The first-order valence-corrected chi connectivity index (χ1v) is 3.83. The summed E-state index contributed by atoms with van der Waals surface area (Å²) in [7, 11) is 0. The summed E-state index contributed by atoms with van der Waals surface area (Å²) < 4.78 is 2.11. The van der Waals surface area contributed by atoms with Gasteiger partial charge in [-0.2, -0.15) is 0 Å². The molecule has 0 aliphatic rings. The molecule has 0 N–H and O–H groups in total. The SMILES string of the molecule is CCc1cnc2ccccn12. The van der Waals surface area contributed by atoms with Crippen LogP contribution in [0.25, 0.3) is 5.65 Å². The van der Waals surface area contributed by atoms with Crippen LogP contribution >= 0.6 is 0 Å². The van der Waals surface area contributed by atoms with Crippen LogP contribution in [0.3, 0.4) is 0 Å². The zero-order valence-corrected chi connectivity index (χ0v) is 6.49. The molecule has 2 aromatic heterocycles. The zero-order valence-electron chi connectivity index (χ0n) is 6.49.